The summed E-state index contributed by atoms with van der Waals surface area (Å²) in [5.74, 6) is 0.799. The number of carbonyl (C=O) groups is 2. The van der Waals surface area contributed by atoms with Gasteiger partial charge in [0.25, 0.3) is 5.91 Å². The highest BCUT2D eigenvalue weighted by Gasteiger charge is 2.31. The van der Waals surface area contributed by atoms with Crippen molar-refractivity contribution in [3.05, 3.63) is 29.8 Å². The smallest absolute Gasteiger partial charge is 0.263 e. The Morgan fingerprint density at radius 1 is 1.30 bits per heavy atom. The third-order valence-corrected chi connectivity index (χ3v) is 5.02. The number of benzene rings is 1. The van der Waals surface area contributed by atoms with Crippen LogP contribution in [0, 0.1) is 5.92 Å². The second-order valence-corrected chi connectivity index (χ2v) is 7.13. The molecule has 1 aromatic carbocycles. The second kappa shape index (κ2) is 8.81. The monoisotopic (exact) mass is 390 g/mol. The minimum absolute atomic E-state index is 0.126. The summed E-state index contributed by atoms with van der Waals surface area (Å²) in [5, 5.41) is 10.7. The topological polar surface area (TPSA) is 93.7 Å². The van der Waals surface area contributed by atoms with Gasteiger partial charge in [-0.3, -0.25) is 9.59 Å². The molecule has 2 aromatic rings. The van der Waals surface area contributed by atoms with Crippen molar-refractivity contribution < 1.29 is 19.1 Å². The van der Waals surface area contributed by atoms with Gasteiger partial charge in [-0.15, -0.1) is 10.2 Å². The van der Waals surface area contributed by atoms with E-state index in [0.29, 0.717) is 24.0 Å². The van der Waals surface area contributed by atoms with E-state index < -0.39 is 6.10 Å². The maximum atomic E-state index is 12.7. The van der Waals surface area contributed by atoms with Crippen molar-refractivity contribution in [2.24, 2.45) is 5.92 Å². The van der Waals surface area contributed by atoms with Crippen LogP contribution < -0.4 is 14.8 Å². The van der Waals surface area contributed by atoms with E-state index in [2.05, 4.69) is 15.5 Å². The predicted octanol–water partition coefficient (Wildman–Crippen LogP) is 2.19. The summed E-state index contributed by atoms with van der Waals surface area (Å²) in [5.41, 5.74) is 1.56. The lowest BCUT2D eigenvalue weighted by Crippen LogP contribution is -2.48. The molecule has 0 saturated carbocycles. The number of ether oxygens (including phenoxy) is 2. The summed E-state index contributed by atoms with van der Waals surface area (Å²) in [6, 6.07) is 7.08. The van der Waals surface area contributed by atoms with Crippen LogP contribution >= 0.6 is 11.3 Å². The van der Waals surface area contributed by atoms with Crippen LogP contribution in [0.1, 0.15) is 19.8 Å². The molecule has 3 rings (SSSR count). The van der Waals surface area contributed by atoms with E-state index >= 15 is 0 Å². The molecule has 8 nitrogen and oxygen atoms in total. The predicted molar refractivity (Wildman–Crippen MR) is 101 cm³/mol. The summed E-state index contributed by atoms with van der Waals surface area (Å²) in [6.07, 6.45) is 0.875. The van der Waals surface area contributed by atoms with E-state index in [1.165, 1.54) is 11.3 Å². The van der Waals surface area contributed by atoms with Gasteiger partial charge in [0.05, 0.1) is 13.0 Å². The number of piperidine rings is 1. The Balaban J connectivity index is 1.55. The standard InChI is InChI=1S/C18H22N4O4S/c1-12(26-15-7-5-14(25-2)6-8-15)17(24)22-9-3-4-13(10-22)16(23)20-18-21-19-11-27-18/h5-8,11-13H,3-4,9-10H2,1-2H3,(H,20,21,23). The lowest BCUT2D eigenvalue weighted by atomic mass is 9.97. The lowest BCUT2D eigenvalue weighted by Gasteiger charge is -2.33. The third kappa shape index (κ3) is 4.94. The van der Waals surface area contributed by atoms with Crippen molar-refractivity contribution in [3.63, 3.8) is 0 Å². The van der Waals surface area contributed by atoms with Gasteiger partial charge in [0.15, 0.2) is 6.10 Å². The number of amides is 2. The molecule has 1 aliphatic heterocycles. The zero-order valence-corrected chi connectivity index (χ0v) is 16.1. The van der Waals surface area contributed by atoms with Crippen LogP contribution in [-0.2, 0) is 9.59 Å². The summed E-state index contributed by atoms with van der Waals surface area (Å²) < 4.78 is 10.9. The van der Waals surface area contributed by atoms with Gasteiger partial charge in [-0.1, -0.05) is 11.3 Å². The van der Waals surface area contributed by atoms with Crippen LogP contribution in [0.4, 0.5) is 5.13 Å². The normalized spacial score (nSPS) is 17.9. The van der Waals surface area contributed by atoms with Gasteiger partial charge in [0.1, 0.15) is 17.0 Å². The molecule has 0 aliphatic carbocycles. The Kier molecular flexibility index (Phi) is 6.23. The first kappa shape index (κ1) is 19.1. The zero-order valence-electron chi connectivity index (χ0n) is 15.3. The largest absolute Gasteiger partial charge is 0.497 e. The number of aromatic nitrogens is 2. The SMILES string of the molecule is COc1ccc(OC(C)C(=O)N2CCCC(C(=O)Nc3nncs3)C2)cc1. The lowest BCUT2D eigenvalue weighted by molar-refractivity contribution is -0.140. The number of nitrogens with one attached hydrogen (secondary N) is 1. The molecule has 1 fully saturated rings. The number of likely N-dealkylation sites (tertiary alicyclic amines) is 1. The van der Waals surface area contributed by atoms with Crippen molar-refractivity contribution in [2.75, 3.05) is 25.5 Å². The van der Waals surface area contributed by atoms with E-state index in [4.69, 9.17) is 9.47 Å². The summed E-state index contributed by atoms with van der Waals surface area (Å²) in [4.78, 5) is 26.8. The highest BCUT2D eigenvalue weighted by atomic mass is 32.1. The van der Waals surface area contributed by atoms with Crippen LogP contribution in [0.5, 0.6) is 11.5 Å². The molecule has 27 heavy (non-hydrogen) atoms. The number of hydrogen-bond acceptors (Lipinski definition) is 7. The average molecular weight is 390 g/mol. The number of carbonyl (C=O) groups excluding carboxylic acids is 2. The maximum absolute atomic E-state index is 12.7. The first-order valence-electron chi connectivity index (χ1n) is 8.73. The van der Waals surface area contributed by atoms with Crippen LogP contribution in [0.15, 0.2) is 29.8 Å². The summed E-state index contributed by atoms with van der Waals surface area (Å²) in [7, 11) is 1.59. The van der Waals surface area contributed by atoms with Gasteiger partial charge in [0.2, 0.25) is 11.0 Å². The van der Waals surface area contributed by atoms with E-state index in [9.17, 15) is 9.59 Å². The number of methoxy groups -OCH3 is 1. The fraction of sp³-hybridized carbons (Fsp3) is 0.444. The van der Waals surface area contributed by atoms with Crippen molar-refractivity contribution in [1.82, 2.24) is 15.1 Å². The molecule has 2 heterocycles. The van der Waals surface area contributed by atoms with Crippen LogP contribution in [-0.4, -0.2) is 53.2 Å². The molecular weight excluding hydrogens is 368 g/mol. The van der Waals surface area contributed by atoms with Gasteiger partial charge in [-0.2, -0.15) is 0 Å². The fourth-order valence-electron chi connectivity index (χ4n) is 2.99. The van der Waals surface area contributed by atoms with Crippen molar-refractivity contribution in [1.29, 1.82) is 0 Å². The number of nitrogens with zero attached hydrogens (tertiary/aromatic N) is 3. The Morgan fingerprint density at radius 3 is 2.70 bits per heavy atom. The molecule has 144 valence electrons. The van der Waals surface area contributed by atoms with Crippen LogP contribution in [0.2, 0.25) is 0 Å². The Hall–Kier alpha value is -2.68. The van der Waals surface area contributed by atoms with Crippen molar-refractivity contribution in [2.45, 2.75) is 25.9 Å². The first-order valence-corrected chi connectivity index (χ1v) is 9.61. The molecule has 0 radical (unpaired) electrons. The quantitative estimate of drug-likeness (QED) is 0.813. The molecule has 1 saturated heterocycles. The van der Waals surface area contributed by atoms with Gasteiger partial charge in [-0.25, -0.2) is 0 Å². The fourth-order valence-corrected chi connectivity index (χ4v) is 3.44. The average Bonchev–Trinajstić information content (AvgIpc) is 3.21. The molecule has 1 N–H and O–H groups in total. The highest BCUT2D eigenvalue weighted by Crippen LogP contribution is 2.22. The molecular formula is C18H22N4O4S. The Bertz CT molecular complexity index is 766. The minimum atomic E-state index is -0.636. The maximum Gasteiger partial charge on any atom is 0.263 e. The summed E-state index contributed by atoms with van der Waals surface area (Å²) >= 11 is 1.27. The third-order valence-electron chi connectivity index (χ3n) is 4.41. The van der Waals surface area contributed by atoms with E-state index in [1.807, 2.05) is 0 Å². The second-order valence-electron chi connectivity index (χ2n) is 6.29. The van der Waals surface area contributed by atoms with Crippen LogP contribution in [0.25, 0.3) is 0 Å². The molecule has 0 spiro atoms. The molecule has 9 heteroatoms. The van der Waals surface area contributed by atoms with Crippen molar-refractivity contribution >= 4 is 28.3 Å². The van der Waals surface area contributed by atoms with Gasteiger partial charge >= 0.3 is 0 Å². The van der Waals surface area contributed by atoms with Gasteiger partial charge < -0.3 is 19.7 Å². The van der Waals surface area contributed by atoms with E-state index in [-0.39, 0.29) is 17.7 Å². The van der Waals surface area contributed by atoms with Gasteiger partial charge in [0, 0.05) is 13.1 Å². The zero-order chi connectivity index (χ0) is 19.2. The molecule has 2 amide bonds. The Morgan fingerprint density at radius 2 is 2.04 bits per heavy atom. The minimum Gasteiger partial charge on any atom is -0.497 e. The van der Waals surface area contributed by atoms with Gasteiger partial charge in [-0.05, 0) is 44.0 Å². The van der Waals surface area contributed by atoms with Crippen molar-refractivity contribution in [3.8, 4) is 11.5 Å². The molecule has 0 bridgehead atoms. The molecule has 1 aliphatic rings. The first-order chi connectivity index (χ1) is 13.1. The van der Waals surface area contributed by atoms with Crippen LogP contribution in [0.3, 0.4) is 0 Å². The molecule has 2 atom stereocenters. The van der Waals surface area contributed by atoms with E-state index in [0.717, 1.165) is 18.6 Å². The van der Waals surface area contributed by atoms with E-state index in [1.54, 1.807) is 48.7 Å². The Labute approximate surface area is 161 Å². The molecule has 1 aromatic heterocycles. The number of rotatable bonds is 6. The number of anilines is 1. The highest BCUT2D eigenvalue weighted by molar-refractivity contribution is 7.13. The molecule has 2 unspecified atom stereocenters. The summed E-state index contributed by atoms with van der Waals surface area (Å²) in [6.45, 7) is 2.72. The number of hydrogen-bond donors (Lipinski definition) is 1.